The molecule has 0 aliphatic carbocycles. The quantitative estimate of drug-likeness (QED) is 0.585. The summed E-state index contributed by atoms with van der Waals surface area (Å²) in [5, 5.41) is 7.43. The molecule has 0 radical (unpaired) electrons. The normalized spacial score (nSPS) is 10.7. The highest BCUT2D eigenvalue weighted by atomic mass is 32.2. The largest absolute Gasteiger partial charge is 0.336 e. The summed E-state index contributed by atoms with van der Waals surface area (Å²) in [6.07, 6.45) is 0. The summed E-state index contributed by atoms with van der Waals surface area (Å²) in [4.78, 5) is 27.2. The molecular weight excluding hydrogens is 396 g/mol. The SMILES string of the molecule is Cc1ccc(NC(=O)CN(C)C(=O)CSc2c(C)nn(-c3ccccc3)c2C)cc1. The van der Waals surface area contributed by atoms with E-state index in [4.69, 9.17) is 0 Å². The number of benzene rings is 2. The molecule has 3 aromatic rings. The molecule has 1 aromatic heterocycles. The van der Waals surface area contributed by atoms with Gasteiger partial charge in [0.1, 0.15) is 0 Å². The minimum Gasteiger partial charge on any atom is -0.336 e. The lowest BCUT2D eigenvalue weighted by atomic mass is 10.2. The summed E-state index contributed by atoms with van der Waals surface area (Å²) in [5.74, 6) is -0.0782. The third-order valence-electron chi connectivity index (χ3n) is 4.71. The molecule has 30 heavy (non-hydrogen) atoms. The summed E-state index contributed by atoms with van der Waals surface area (Å²) in [5.41, 5.74) is 4.71. The summed E-state index contributed by atoms with van der Waals surface area (Å²) in [6, 6.07) is 17.5. The van der Waals surface area contributed by atoms with Crippen molar-refractivity contribution >= 4 is 29.3 Å². The molecule has 0 saturated carbocycles. The Balaban J connectivity index is 1.56. The minimum atomic E-state index is -0.219. The number of para-hydroxylation sites is 1. The van der Waals surface area contributed by atoms with Gasteiger partial charge in [0, 0.05) is 12.7 Å². The van der Waals surface area contributed by atoms with Crippen molar-refractivity contribution in [3.05, 3.63) is 71.5 Å². The van der Waals surface area contributed by atoms with Crippen LogP contribution in [0.15, 0.2) is 59.5 Å². The molecule has 1 heterocycles. The van der Waals surface area contributed by atoms with E-state index in [1.54, 1.807) is 7.05 Å². The van der Waals surface area contributed by atoms with Crippen molar-refractivity contribution in [2.45, 2.75) is 25.7 Å². The van der Waals surface area contributed by atoms with Gasteiger partial charge in [-0.2, -0.15) is 5.10 Å². The van der Waals surface area contributed by atoms with Gasteiger partial charge in [-0.3, -0.25) is 9.59 Å². The Labute approximate surface area is 181 Å². The van der Waals surface area contributed by atoms with Gasteiger partial charge in [0.05, 0.1) is 34.3 Å². The number of carbonyl (C=O) groups is 2. The fraction of sp³-hybridized carbons (Fsp3) is 0.261. The first-order valence-corrected chi connectivity index (χ1v) is 10.7. The van der Waals surface area contributed by atoms with Gasteiger partial charge in [-0.05, 0) is 45.0 Å². The molecule has 0 fully saturated rings. The standard InChI is InChI=1S/C23H26N4O2S/c1-16-10-12-19(13-11-16)24-21(28)14-26(4)22(29)15-30-23-17(2)25-27(18(23)3)20-8-6-5-7-9-20/h5-13H,14-15H2,1-4H3,(H,24,28). The number of nitrogens with zero attached hydrogens (tertiary/aromatic N) is 3. The molecule has 0 unspecified atom stereocenters. The molecular formula is C23H26N4O2S. The average Bonchev–Trinajstić information content (AvgIpc) is 3.02. The number of hydrogen-bond acceptors (Lipinski definition) is 4. The number of rotatable bonds is 7. The second-order valence-electron chi connectivity index (χ2n) is 7.20. The second kappa shape index (κ2) is 9.63. The van der Waals surface area contributed by atoms with Gasteiger partial charge in [0.15, 0.2) is 0 Å². The molecule has 6 nitrogen and oxygen atoms in total. The summed E-state index contributed by atoms with van der Waals surface area (Å²) in [7, 11) is 1.64. The first-order chi connectivity index (χ1) is 14.3. The summed E-state index contributed by atoms with van der Waals surface area (Å²) in [6.45, 7) is 5.94. The van der Waals surface area contributed by atoms with E-state index < -0.39 is 0 Å². The minimum absolute atomic E-state index is 0.00844. The third-order valence-corrected chi connectivity index (χ3v) is 5.98. The fourth-order valence-corrected chi connectivity index (χ4v) is 4.08. The van der Waals surface area contributed by atoms with Crippen LogP contribution in [-0.2, 0) is 9.59 Å². The molecule has 3 rings (SSSR count). The summed E-state index contributed by atoms with van der Waals surface area (Å²) < 4.78 is 1.89. The van der Waals surface area contributed by atoms with Crippen molar-refractivity contribution in [2.24, 2.45) is 0 Å². The third kappa shape index (κ3) is 5.30. The van der Waals surface area contributed by atoms with Crippen molar-refractivity contribution in [3.8, 4) is 5.69 Å². The number of thioether (sulfide) groups is 1. The number of hydrogen-bond donors (Lipinski definition) is 1. The smallest absolute Gasteiger partial charge is 0.243 e. The predicted octanol–water partition coefficient (Wildman–Crippen LogP) is 3.99. The van der Waals surface area contributed by atoms with E-state index in [2.05, 4.69) is 10.4 Å². The lowest BCUT2D eigenvalue weighted by Crippen LogP contribution is -2.35. The van der Waals surface area contributed by atoms with Crippen LogP contribution in [0.25, 0.3) is 5.69 Å². The van der Waals surface area contributed by atoms with Gasteiger partial charge in [-0.1, -0.05) is 35.9 Å². The van der Waals surface area contributed by atoms with Gasteiger partial charge >= 0.3 is 0 Å². The van der Waals surface area contributed by atoms with E-state index in [0.29, 0.717) is 0 Å². The van der Waals surface area contributed by atoms with Crippen molar-refractivity contribution in [2.75, 3.05) is 24.7 Å². The van der Waals surface area contributed by atoms with Crippen LogP contribution >= 0.6 is 11.8 Å². The number of carbonyl (C=O) groups excluding carboxylic acids is 2. The van der Waals surface area contributed by atoms with Crippen LogP contribution in [0.5, 0.6) is 0 Å². The van der Waals surface area contributed by atoms with Crippen LogP contribution in [0.3, 0.4) is 0 Å². The highest BCUT2D eigenvalue weighted by Gasteiger charge is 2.18. The first kappa shape index (κ1) is 21.6. The van der Waals surface area contributed by atoms with Crippen LogP contribution in [0.2, 0.25) is 0 Å². The molecule has 2 aromatic carbocycles. The number of aromatic nitrogens is 2. The Hall–Kier alpha value is -3.06. The lowest BCUT2D eigenvalue weighted by Gasteiger charge is -2.17. The number of amides is 2. The Morgan fingerprint density at radius 3 is 2.37 bits per heavy atom. The molecule has 1 N–H and O–H groups in total. The van der Waals surface area contributed by atoms with Gasteiger partial charge < -0.3 is 10.2 Å². The Bertz CT molecular complexity index is 1030. The maximum absolute atomic E-state index is 12.5. The molecule has 0 atom stereocenters. The summed E-state index contributed by atoms with van der Waals surface area (Å²) >= 11 is 1.45. The molecule has 0 spiro atoms. The zero-order valence-corrected chi connectivity index (χ0v) is 18.5. The lowest BCUT2D eigenvalue weighted by molar-refractivity contribution is -0.131. The van der Waals surface area contributed by atoms with E-state index in [-0.39, 0.29) is 24.1 Å². The first-order valence-electron chi connectivity index (χ1n) is 9.70. The van der Waals surface area contributed by atoms with Crippen molar-refractivity contribution in [3.63, 3.8) is 0 Å². The predicted molar refractivity (Wildman–Crippen MR) is 121 cm³/mol. The second-order valence-corrected chi connectivity index (χ2v) is 8.19. The highest BCUT2D eigenvalue weighted by molar-refractivity contribution is 8.00. The van der Waals surface area contributed by atoms with Crippen molar-refractivity contribution in [1.82, 2.24) is 14.7 Å². The van der Waals surface area contributed by atoms with Crippen molar-refractivity contribution < 1.29 is 9.59 Å². The maximum atomic E-state index is 12.5. The number of nitrogens with one attached hydrogen (secondary N) is 1. The van der Waals surface area contributed by atoms with Crippen LogP contribution in [0.1, 0.15) is 17.0 Å². The molecule has 0 aliphatic heterocycles. The molecule has 0 bridgehead atoms. The molecule has 0 aliphatic rings. The van der Waals surface area contributed by atoms with E-state index in [0.717, 1.165) is 33.2 Å². The molecule has 2 amide bonds. The van der Waals surface area contributed by atoms with Gasteiger partial charge in [-0.25, -0.2) is 4.68 Å². The topological polar surface area (TPSA) is 67.2 Å². The van der Waals surface area contributed by atoms with Crippen LogP contribution in [-0.4, -0.2) is 45.8 Å². The van der Waals surface area contributed by atoms with E-state index in [1.807, 2.05) is 80.1 Å². The van der Waals surface area contributed by atoms with Gasteiger partial charge in [0.2, 0.25) is 11.8 Å². The highest BCUT2D eigenvalue weighted by Crippen LogP contribution is 2.28. The van der Waals surface area contributed by atoms with E-state index >= 15 is 0 Å². The van der Waals surface area contributed by atoms with Crippen LogP contribution in [0, 0.1) is 20.8 Å². The van der Waals surface area contributed by atoms with Gasteiger partial charge in [-0.15, -0.1) is 11.8 Å². The average molecular weight is 423 g/mol. The fourth-order valence-electron chi connectivity index (χ4n) is 3.04. The number of anilines is 1. The monoisotopic (exact) mass is 422 g/mol. The Kier molecular flexibility index (Phi) is 6.95. The Morgan fingerprint density at radius 1 is 1.03 bits per heavy atom. The van der Waals surface area contributed by atoms with Crippen molar-refractivity contribution in [1.29, 1.82) is 0 Å². The zero-order chi connectivity index (χ0) is 21.7. The number of aryl methyl sites for hydroxylation is 2. The van der Waals surface area contributed by atoms with E-state index in [9.17, 15) is 9.59 Å². The molecule has 156 valence electrons. The number of likely N-dealkylation sites (N-methyl/N-ethyl adjacent to an activating group) is 1. The molecule has 7 heteroatoms. The van der Waals surface area contributed by atoms with E-state index in [1.165, 1.54) is 16.7 Å². The van der Waals surface area contributed by atoms with Gasteiger partial charge in [0.25, 0.3) is 0 Å². The zero-order valence-electron chi connectivity index (χ0n) is 17.7. The van der Waals surface area contributed by atoms with Crippen LogP contribution in [0.4, 0.5) is 5.69 Å². The molecule has 0 saturated heterocycles. The van der Waals surface area contributed by atoms with Crippen LogP contribution < -0.4 is 5.32 Å². The Morgan fingerprint density at radius 2 is 1.70 bits per heavy atom. The maximum Gasteiger partial charge on any atom is 0.243 e.